The summed E-state index contributed by atoms with van der Waals surface area (Å²) in [6.07, 6.45) is 5.44. The molecule has 1 saturated carbocycles. The number of amides is 2. The second-order valence-corrected chi connectivity index (χ2v) is 6.16. The van der Waals surface area contributed by atoms with E-state index in [-0.39, 0.29) is 36.6 Å². The van der Waals surface area contributed by atoms with Gasteiger partial charge in [-0.05, 0) is 32.3 Å². The van der Waals surface area contributed by atoms with Crippen molar-refractivity contribution in [2.45, 2.75) is 44.9 Å². The van der Waals surface area contributed by atoms with Crippen molar-refractivity contribution >= 4 is 12.0 Å². The second-order valence-electron chi connectivity index (χ2n) is 6.16. The fraction of sp³-hybridized carbons (Fsp3) is 0.562. The van der Waals surface area contributed by atoms with Crippen molar-refractivity contribution in [3.8, 4) is 0 Å². The van der Waals surface area contributed by atoms with Crippen molar-refractivity contribution in [2.24, 2.45) is 5.92 Å². The number of nitrogens with one attached hydrogen (secondary N) is 4. The third kappa shape index (κ3) is 4.72. The Hall–Kier alpha value is -2.55. The molecule has 0 radical (unpaired) electrons. The zero-order valence-corrected chi connectivity index (χ0v) is 14.1. The molecular weight excluding hydrogens is 326 g/mol. The zero-order chi connectivity index (χ0) is 17.6. The summed E-state index contributed by atoms with van der Waals surface area (Å²) in [5, 5.41) is 9.07. The van der Waals surface area contributed by atoms with Crippen LogP contribution in [0, 0.1) is 5.92 Å². The fourth-order valence-corrected chi connectivity index (χ4v) is 3.12. The van der Waals surface area contributed by atoms with Crippen LogP contribution in [0.15, 0.2) is 28.6 Å². The van der Waals surface area contributed by atoms with Gasteiger partial charge in [-0.1, -0.05) is 5.16 Å². The average molecular weight is 349 g/mol. The minimum absolute atomic E-state index is 0.0701. The van der Waals surface area contributed by atoms with Gasteiger partial charge in [0.2, 0.25) is 5.91 Å². The Labute approximate surface area is 145 Å². The molecule has 3 rings (SSSR count). The predicted octanol–water partition coefficient (Wildman–Crippen LogP) is 0.566. The summed E-state index contributed by atoms with van der Waals surface area (Å²) in [7, 11) is 0. The minimum Gasteiger partial charge on any atom is -0.446 e. The Bertz CT molecular complexity index is 630. The van der Waals surface area contributed by atoms with E-state index in [9.17, 15) is 9.59 Å². The third-order valence-electron chi connectivity index (χ3n) is 4.28. The molecule has 136 valence electrons. The molecule has 1 aromatic heterocycles. The summed E-state index contributed by atoms with van der Waals surface area (Å²) in [6, 6.07) is 1.66. The Morgan fingerprint density at radius 1 is 1.44 bits per heavy atom. The molecule has 0 saturated heterocycles. The maximum atomic E-state index is 12.0. The van der Waals surface area contributed by atoms with Crippen molar-refractivity contribution in [2.75, 3.05) is 6.54 Å². The van der Waals surface area contributed by atoms with E-state index in [1.165, 1.54) is 6.20 Å². The molecule has 4 N–H and O–H groups in total. The molecule has 2 aliphatic rings. The van der Waals surface area contributed by atoms with E-state index in [1.54, 1.807) is 6.07 Å². The Morgan fingerprint density at radius 2 is 2.32 bits per heavy atom. The number of carbonyl (C=O) groups excluding carboxylic acids is 2. The van der Waals surface area contributed by atoms with Gasteiger partial charge in [-0.3, -0.25) is 4.79 Å². The molecule has 9 nitrogen and oxygen atoms in total. The molecule has 0 spiro atoms. The highest BCUT2D eigenvalue weighted by atomic mass is 16.6. The Balaban J connectivity index is 1.45. The summed E-state index contributed by atoms with van der Waals surface area (Å²) >= 11 is 0. The van der Waals surface area contributed by atoms with Crippen LogP contribution in [-0.4, -0.2) is 36.0 Å². The van der Waals surface area contributed by atoms with Gasteiger partial charge in [0, 0.05) is 24.2 Å². The lowest BCUT2D eigenvalue weighted by atomic mass is 10.0. The summed E-state index contributed by atoms with van der Waals surface area (Å²) in [5.74, 6) is 0.648. The van der Waals surface area contributed by atoms with Crippen LogP contribution in [0.25, 0.3) is 0 Å². The minimum atomic E-state index is -0.364. The number of carbonyl (C=O) groups is 2. The van der Waals surface area contributed by atoms with Crippen LogP contribution < -0.4 is 21.5 Å². The summed E-state index contributed by atoms with van der Waals surface area (Å²) < 4.78 is 10.3. The lowest BCUT2D eigenvalue weighted by molar-refractivity contribution is -0.121. The van der Waals surface area contributed by atoms with E-state index in [4.69, 9.17) is 9.26 Å². The lowest BCUT2D eigenvalue weighted by Crippen LogP contribution is -2.45. The monoisotopic (exact) mass is 349 g/mol. The quantitative estimate of drug-likeness (QED) is 0.593. The van der Waals surface area contributed by atoms with Gasteiger partial charge in [0.15, 0.2) is 0 Å². The molecule has 1 aliphatic heterocycles. The van der Waals surface area contributed by atoms with E-state index >= 15 is 0 Å². The van der Waals surface area contributed by atoms with Crippen LogP contribution in [0.4, 0.5) is 4.79 Å². The highest BCUT2D eigenvalue weighted by molar-refractivity contribution is 5.78. The van der Waals surface area contributed by atoms with E-state index in [1.807, 2.05) is 13.0 Å². The topological polar surface area (TPSA) is 118 Å². The first-order chi connectivity index (χ1) is 12.1. The number of aromatic nitrogens is 1. The van der Waals surface area contributed by atoms with E-state index < -0.39 is 0 Å². The number of nitrogens with zero attached hydrogens (tertiary/aromatic N) is 1. The van der Waals surface area contributed by atoms with E-state index in [0.29, 0.717) is 12.3 Å². The Kier molecular flexibility index (Phi) is 5.54. The molecule has 1 fully saturated rings. The molecule has 0 aromatic carbocycles. The molecule has 0 bridgehead atoms. The highest BCUT2D eigenvalue weighted by Gasteiger charge is 2.32. The first-order valence-corrected chi connectivity index (χ1v) is 8.50. The molecule has 9 heteroatoms. The van der Waals surface area contributed by atoms with Crippen LogP contribution in [-0.2, 0) is 16.0 Å². The Morgan fingerprint density at radius 3 is 3.08 bits per heavy atom. The molecule has 1 unspecified atom stereocenters. The van der Waals surface area contributed by atoms with Gasteiger partial charge in [0.25, 0.3) is 0 Å². The van der Waals surface area contributed by atoms with Crippen LogP contribution in [0.1, 0.15) is 31.9 Å². The second kappa shape index (κ2) is 8.02. The average Bonchev–Trinajstić information content (AvgIpc) is 3.29. The number of hydrazine groups is 1. The van der Waals surface area contributed by atoms with Gasteiger partial charge < -0.3 is 25.3 Å². The maximum absolute atomic E-state index is 12.0. The fourth-order valence-electron chi connectivity index (χ4n) is 3.12. The smallest absolute Gasteiger partial charge is 0.407 e. The van der Waals surface area contributed by atoms with Gasteiger partial charge >= 0.3 is 6.09 Å². The van der Waals surface area contributed by atoms with Gasteiger partial charge in [-0.25, -0.2) is 10.2 Å². The largest absolute Gasteiger partial charge is 0.446 e. The highest BCUT2D eigenvalue weighted by Crippen LogP contribution is 2.33. The number of alkyl carbamates (subject to hydrolysis) is 1. The molecule has 2 heterocycles. The van der Waals surface area contributed by atoms with Crippen LogP contribution in [0.2, 0.25) is 0 Å². The first-order valence-electron chi connectivity index (χ1n) is 8.50. The van der Waals surface area contributed by atoms with Crippen molar-refractivity contribution < 1.29 is 18.8 Å². The van der Waals surface area contributed by atoms with E-state index in [2.05, 4.69) is 26.6 Å². The van der Waals surface area contributed by atoms with Crippen molar-refractivity contribution in [3.63, 3.8) is 0 Å². The molecule has 1 aliphatic carbocycles. The summed E-state index contributed by atoms with van der Waals surface area (Å²) in [4.78, 5) is 23.5. The van der Waals surface area contributed by atoms with Crippen LogP contribution >= 0.6 is 0 Å². The third-order valence-corrected chi connectivity index (χ3v) is 4.28. The number of allylic oxidation sites excluding steroid dienone is 1. The van der Waals surface area contributed by atoms with Gasteiger partial charge in [-0.15, -0.1) is 0 Å². The van der Waals surface area contributed by atoms with E-state index in [0.717, 1.165) is 25.0 Å². The van der Waals surface area contributed by atoms with Crippen molar-refractivity contribution in [3.05, 3.63) is 29.8 Å². The number of hydrogen-bond acceptors (Lipinski definition) is 7. The van der Waals surface area contributed by atoms with Gasteiger partial charge in [0.05, 0.1) is 12.6 Å². The number of ether oxygens (including phenoxy) is 1. The maximum Gasteiger partial charge on any atom is 0.407 e. The van der Waals surface area contributed by atoms with Crippen molar-refractivity contribution in [1.29, 1.82) is 0 Å². The molecule has 1 aromatic rings. The SMILES string of the molecule is CCNC(=O)O[C@@H]1CC[C@H](C2=CC(NC(=O)Cc3ccno3)NN2)C1. The number of hydrogen-bond donors (Lipinski definition) is 4. The summed E-state index contributed by atoms with van der Waals surface area (Å²) in [6.45, 7) is 2.41. The normalized spacial score (nSPS) is 25.2. The molecule has 3 atom stereocenters. The zero-order valence-electron chi connectivity index (χ0n) is 14.1. The lowest BCUT2D eigenvalue weighted by Gasteiger charge is -2.14. The first kappa shape index (κ1) is 17.3. The summed E-state index contributed by atoms with van der Waals surface area (Å²) in [5.41, 5.74) is 7.17. The van der Waals surface area contributed by atoms with Crippen molar-refractivity contribution in [1.82, 2.24) is 26.6 Å². The molecule has 2 amide bonds. The molecule has 25 heavy (non-hydrogen) atoms. The predicted molar refractivity (Wildman–Crippen MR) is 87.8 cm³/mol. The number of rotatable bonds is 6. The van der Waals surface area contributed by atoms with Crippen LogP contribution in [0.3, 0.4) is 0 Å². The van der Waals surface area contributed by atoms with Crippen LogP contribution in [0.5, 0.6) is 0 Å². The van der Waals surface area contributed by atoms with Gasteiger partial charge in [-0.2, -0.15) is 0 Å². The van der Waals surface area contributed by atoms with Gasteiger partial charge in [0.1, 0.15) is 18.0 Å². The molecular formula is C16H23N5O4. The standard InChI is InChI=1S/C16H23N5O4/c1-2-17-16(23)24-11-4-3-10(7-11)13-9-14(21-20-13)19-15(22)8-12-5-6-18-25-12/h5-6,9-11,14,20-21H,2-4,7-8H2,1H3,(H,17,23)(H,19,22)/t10-,11+,14?/m0/s1.